The fourth-order valence-electron chi connectivity index (χ4n) is 1.57. The Kier molecular flexibility index (Phi) is 4.31. The highest BCUT2D eigenvalue weighted by atomic mass is 35.5. The second kappa shape index (κ2) is 5.96. The molecule has 0 aliphatic carbocycles. The van der Waals surface area contributed by atoms with Crippen molar-refractivity contribution >= 4 is 29.1 Å². The van der Waals surface area contributed by atoms with E-state index in [9.17, 15) is 4.39 Å². The van der Waals surface area contributed by atoms with Crippen LogP contribution in [0.15, 0.2) is 41.3 Å². The van der Waals surface area contributed by atoms with Gasteiger partial charge < -0.3 is 5.73 Å². The van der Waals surface area contributed by atoms with Crippen LogP contribution < -0.4 is 5.73 Å². The van der Waals surface area contributed by atoms with E-state index in [4.69, 9.17) is 22.6 Å². The number of halogens is 2. The lowest BCUT2D eigenvalue weighted by molar-refractivity contribution is 0.627. The predicted octanol–water partition coefficient (Wildman–Crippen LogP) is 4.23. The molecule has 0 fully saturated rings. The normalized spacial score (nSPS) is 10.2. The predicted molar refractivity (Wildman–Crippen MR) is 76.5 cm³/mol. The molecule has 0 atom stereocenters. The molecule has 0 bridgehead atoms. The first-order chi connectivity index (χ1) is 9.10. The maximum absolute atomic E-state index is 13.0. The lowest BCUT2D eigenvalue weighted by Gasteiger charge is -2.06. The van der Waals surface area contributed by atoms with Crippen molar-refractivity contribution in [2.45, 2.75) is 10.6 Å². The lowest BCUT2D eigenvalue weighted by atomic mass is 10.1. The van der Waals surface area contributed by atoms with Gasteiger partial charge in [-0.05, 0) is 35.9 Å². The summed E-state index contributed by atoms with van der Waals surface area (Å²) in [6.45, 7) is 0. The Labute approximate surface area is 120 Å². The summed E-state index contributed by atoms with van der Waals surface area (Å²) in [5.74, 6) is 0.142. The van der Waals surface area contributed by atoms with Gasteiger partial charge in [-0.3, -0.25) is 0 Å². The molecule has 0 aliphatic heterocycles. The highest BCUT2D eigenvalue weighted by Gasteiger charge is 2.06. The molecule has 2 aromatic carbocycles. The first kappa shape index (κ1) is 13.7. The third-order valence-corrected chi connectivity index (χ3v) is 4.08. The average molecular weight is 293 g/mol. The standard InChI is InChI=1S/C14H10ClFN2S/c15-13-6-12(18)3-4-14(13)19-8-9-1-2-11(16)5-10(9)7-17/h1-6H,8,18H2. The van der Waals surface area contributed by atoms with Gasteiger partial charge in [0.2, 0.25) is 0 Å². The Morgan fingerprint density at radius 2 is 2.05 bits per heavy atom. The number of nitrogens with zero attached hydrogens (tertiary/aromatic N) is 1. The zero-order chi connectivity index (χ0) is 13.8. The lowest BCUT2D eigenvalue weighted by Crippen LogP contribution is -1.90. The van der Waals surface area contributed by atoms with Gasteiger partial charge in [0.15, 0.2) is 0 Å². The first-order valence-electron chi connectivity index (χ1n) is 5.46. The summed E-state index contributed by atoms with van der Waals surface area (Å²) in [7, 11) is 0. The maximum atomic E-state index is 13.0. The fraction of sp³-hybridized carbons (Fsp3) is 0.0714. The van der Waals surface area contributed by atoms with Gasteiger partial charge in [-0.25, -0.2) is 4.39 Å². The Bertz CT molecular complexity index is 652. The molecular weight excluding hydrogens is 283 g/mol. The number of hydrogen-bond acceptors (Lipinski definition) is 3. The molecule has 0 saturated carbocycles. The number of nitriles is 1. The Morgan fingerprint density at radius 1 is 1.26 bits per heavy atom. The van der Waals surface area contributed by atoms with Crippen molar-refractivity contribution in [3.63, 3.8) is 0 Å². The second-order valence-electron chi connectivity index (χ2n) is 3.89. The summed E-state index contributed by atoms with van der Waals surface area (Å²) in [6, 6.07) is 11.5. The fourth-order valence-corrected chi connectivity index (χ4v) is 2.84. The van der Waals surface area contributed by atoms with Crippen molar-refractivity contribution in [1.82, 2.24) is 0 Å². The van der Waals surface area contributed by atoms with Crippen LogP contribution in [0.1, 0.15) is 11.1 Å². The number of thioether (sulfide) groups is 1. The van der Waals surface area contributed by atoms with E-state index < -0.39 is 5.82 Å². The van der Waals surface area contributed by atoms with Crippen molar-refractivity contribution in [3.8, 4) is 6.07 Å². The molecule has 2 aromatic rings. The molecule has 5 heteroatoms. The number of rotatable bonds is 3. The van der Waals surface area contributed by atoms with E-state index in [1.807, 2.05) is 12.1 Å². The van der Waals surface area contributed by atoms with Gasteiger partial charge in [0.05, 0.1) is 16.7 Å². The van der Waals surface area contributed by atoms with Crippen molar-refractivity contribution in [1.29, 1.82) is 5.26 Å². The second-order valence-corrected chi connectivity index (χ2v) is 5.32. The minimum Gasteiger partial charge on any atom is -0.399 e. The number of nitrogens with two attached hydrogens (primary N) is 1. The van der Waals surface area contributed by atoms with E-state index in [-0.39, 0.29) is 0 Å². The van der Waals surface area contributed by atoms with Gasteiger partial charge in [-0.1, -0.05) is 17.7 Å². The Hall–Kier alpha value is -1.70. The minimum atomic E-state index is -0.407. The third-order valence-electron chi connectivity index (χ3n) is 2.53. The molecule has 0 heterocycles. The molecule has 0 aromatic heterocycles. The van der Waals surface area contributed by atoms with E-state index >= 15 is 0 Å². The molecule has 2 N–H and O–H groups in total. The van der Waals surface area contributed by atoms with Gasteiger partial charge in [0.25, 0.3) is 0 Å². The molecule has 19 heavy (non-hydrogen) atoms. The van der Waals surface area contributed by atoms with Crippen molar-refractivity contribution in [3.05, 3.63) is 58.4 Å². The van der Waals surface area contributed by atoms with E-state index in [2.05, 4.69) is 0 Å². The number of hydrogen-bond donors (Lipinski definition) is 1. The van der Waals surface area contributed by atoms with Crippen LogP contribution >= 0.6 is 23.4 Å². The maximum Gasteiger partial charge on any atom is 0.124 e. The smallest absolute Gasteiger partial charge is 0.124 e. The summed E-state index contributed by atoms with van der Waals surface area (Å²) in [4.78, 5) is 0.879. The third kappa shape index (κ3) is 3.40. The van der Waals surface area contributed by atoms with Crippen LogP contribution in [-0.4, -0.2) is 0 Å². The SMILES string of the molecule is N#Cc1cc(F)ccc1CSc1ccc(N)cc1Cl. The van der Waals surface area contributed by atoms with Gasteiger partial charge in [-0.15, -0.1) is 11.8 Å². The van der Waals surface area contributed by atoms with E-state index in [1.165, 1.54) is 23.9 Å². The topological polar surface area (TPSA) is 49.8 Å². The van der Waals surface area contributed by atoms with Gasteiger partial charge in [0, 0.05) is 16.3 Å². The molecule has 0 radical (unpaired) electrons. The zero-order valence-electron chi connectivity index (χ0n) is 9.86. The molecule has 0 unspecified atom stereocenters. The van der Waals surface area contributed by atoms with Crippen molar-refractivity contribution < 1.29 is 4.39 Å². The van der Waals surface area contributed by atoms with E-state index in [0.29, 0.717) is 22.0 Å². The van der Waals surface area contributed by atoms with Gasteiger partial charge >= 0.3 is 0 Å². The largest absolute Gasteiger partial charge is 0.399 e. The molecule has 0 amide bonds. The highest BCUT2D eigenvalue weighted by Crippen LogP contribution is 2.31. The molecule has 0 aliphatic rings. The summed E-state index contributed by atoms with van der Waals surface area (Å²) in [5, 5.41) is 9.54. The van der Waals surface area contributed by atoms with E-state index in [1.54, 1.807) is 18.2 Å². The molecule has 0 spiro atoms. The van der Waals surface area contributed by atoms with Crippen molar-refractivity contribution in [2.75, 3.05) is 5.73 Å². The number of nitrogen functional groups attached to an aromatic ring is 1. The molecule has 2 rings (SSSR count). The Morgan fingerprint density at radius 3 is 2.74 bits per heavy atom. The van der Waals surface area contributed by atoms with Crippen LogP contribution in [-0.2, 0) is 5.75 Å². The van der Waals surface area contributed by atoms with Crippen LogP contribution in [0, 0.1) is 17.1 Å². The monoisotopic (exact) mass is 292 g/mol. The van der Waals surface area contributed by atoms with Crippen LogP contribution in [0.2, 0.25) is 5.02 Å². The van der Waals surface area contributed by atoms with Crippen molar-refractivity contribution in [2.24, 2.45) is 0 Å². The van der Waals surface area contributed by atoms with E-state index in [0.717, 1.165) is 10.5 Å². The van der Waals surface area contributed by atoms with Gasteiger partial charge in [-0.2, -0.15) is 5.26 Å². The number of anilines is 1. The average Bonchev–Trinajstić information content (AvgIpc) is 2.39. The van der Waals surface area contributed by atoms with Crippen LogP contribution in [0.3, 0.4) is 0 Å². The van der Waals surface area contributed by atoms with Gasteiger partial charge in [0.1, 0.15) is 5.82 Å². The molecular formula is C14H10ClFN2S. The highest BCUT2D eigenvalue weighted by molar-refractivity contribution is 7.98. The first-order valence-corrected chi connectivity index (χ1v) is 6.83. The summed E-state index contributed by atoms with van der Waals surface area (Å²) >= 11 is 7.55. The molecule has 96 valence electrons. The molecule has 0 saturated heterocycles. The summed E-state index contributed by atoms with van der Waals surface area (Å²) in [6.07, 6.45) is 0. The van der Waals surface area contributed by atoms with Crippen LogP contribution in [0.5, 0.6) is 0 Å². The molecule has 2 nitrogen and oxygen atoms in total. The van der Waals surface area contributed by atoms with Crippen LogP contribution in [0.4, 0.5) is 10.1 Å². The minimum absolute atomic E-state index is 0.346. The Balaban J connectivity index is 2.17. The zero-order valence-corrected chi connectivity index (χ0v) is 11.4. The summed E-state index contributed by atoms with van der Waals surface area (Å²) < 4.78 is 13.0. The van der Waals surface area contributed by atoms with Crippen LogP contribution in [0.25, 0.3) is 0 Å². The summed E-state index contributed by atoms with van der Waals surface area (Å²) in [5.41, 5.74) is 7.35. The quantitative estimate of drug-likeness (QED) is 0.680. The number of benzene rings is 2.